The molecule has 0 saturated carbocycles. The van der Waals surface area contributed by atoms with Gasteiger partial charge in [-0.2, -0.15) is 4.98 Å². The average Bonchev–Trinajstić information content (AvgIpc) is 3.15. The van der Waals surface area contributed by atoms with Crippen molar-refractivity contribution in [2.24, 2.45) is 0 Å². The van der Waals surface area contributed by atoms with Gasteiger partial charge in [-0.3, -0.25) is 4.79 Å². The lowest BCUT2D eigenvalue weighted by molar-refractivity contribution is -0.115. The second-order valence-corrected chi connectivity index (χ2v) is 6.68. The van der Waals surface area contributed by atoms with Crippen LogP contribution in [-0.4, -0.2) is 34.2 Å². The van der Waals surface area contributed by atoms with Crippen molar-refractivity contribution >= 4 is 33.5 Å². The lowest BCUT2D eigenvalue weighted by Gasteiger charge is -2.08. The van der Waals surface area contributed by atoms with E-state index in [4.69, 9.17) is 14.0 Å². The Labute approximate surface area is 173 Å². The molecule has 0 aliphatic rings. The number of aromatic hydroxyl groups is 1. The number of esters is 1. The molecule has 0 spiro atoms. The smallest absolute Gasteiger partial charge is 0.342 e. The molecule has 2 N–H and O–H groups in total. The van der Waals surface area contributed by atoms with Crippen molar-refractivity contribution in [2.45, 2.75) is 13.0 Å². The molecule has 29 heavy (non-hydrogen) atoms. The van der Waals surface area contributed by atoms with Crippen molar-refractivity contribution in [3.05, 3.63) is 64.2 Å². The summed E-state index contributed by atoms with van der Waals surface area (Å²) in [7, 11) is 1.51. The zero-order valence-electron chi connectivity index (χ0n) is 15.2. The molecule has 0 radical (unpaired) electrons. The molecular weight excluding hydrogens is 446 g/mol. The van der Waals surface area contributed by atoms with Crippen molar-refractivity contribution in [3.63, 3.8) is 0 Å². The number of carbonyl (C=O) groups excluding carboxylic acids is 2. The van der Waals surface area contributed by atoms with Gasteiger partial charge in [-0.05, 0) is 30.3 Å². The van der Waals surface area contributed by atoms with Gasteiger partial charge in [0.25, 0.3) is 5.89 Å². The van der Waals surface area contributed by atoms with E-state index < -0.39 is 5.97 Å². The van der Waals surface area contributed by atoms with Crippen molar-refractivity contribution in [3.8, 4) is 11.5 Å². The van der Waals surface area contributed by atoms with Crippen LogP contribution >= 0.6 is 15.9 Å². The summed E-state index contributed by atoms with van der Waals surface area (Å²) in [5, 5.41) is 16.1. The molecule has 1 aromatic heterocycles. The Morgan fingerprint density at radius 2 is 2.03 bits per heavy atom. The van der Waals surface area contributed by atoms with E-state index in [1.807, 2.05) is 0 Å². The molecule has 2 aromatic carbocycles. The SMILES string of the molecule is COc1ccccc1NC(=O)Cc1noc(COC(=O)c2cc(Br)ccc2O)n1. The Balaban J connectivity index is 1.56. The van der Waals surface area contributed by atoms with E-state index in [-0.39, 0.29) is 42.0 Å². The molecule has 1 heterocycles. The molecule has 0 unspecified atom stereocenters. The minimum Gasteiger partial charge on any atom is -0.507 e. The van der Waals surface area contributed by atoms with Crippen molar-refractivity contribution < 1.29 is 28.7 Å². The van der Waals surface area contributed by atoms with E-state index in [1.54, 1.807) is 30.3 Å². The van der Waals surface area contributed by atoms with Gasteiger partial charge in [0.15, 0.2) is 12.4 Å². The normalized spacial score (nSPS) is 10.4. The van der Waals surface area contributed by atoms with Gasteiger partial charge in [0, 0.05) is 4.47 Å². The zero-order valence-corrected chi connectivity index (χ0v) is 16.8. The van der Waals surface area contributed by atoms with Crippen LogP contribution in [0.15, 0.2) is 51.5 Å². The molecule has 0 bridgehead atoms. The van der Waals surface area contributed by atoms with E-state index in [9.17, 15) is 14.7 Å². The van der Waals surface area contributed by atoms with Gasteiger partial charge in [-0.15, -0.1) is 0 Å². The van der Waals surface area contributed by atoms with Crippen LogP contribution < -0.4 is 10.1 Å². The summed E-state index contributed by atoms with van der Waals surface area (Å²) in [5.74, 6) is -0.646. The van der Waals surface area contributed by atoms with Crippen LogP contribution in [-0.2, 0) is 22.6 Å². The molecule has 9 nitrogen and oxygen atoms in total. The third-order valence-corrected chi connectivity index (χ3v) is 4.21. The lowest BCUT2D eigenvalue weighted by Crippen LogP contribution is -2.15. The van der Waals surface area contributed by atoms with E-state index in [0.29, 0.717) is 15.9 Å². The first-order valence-electron chi connectivity index (χ1n) is 8.36. The lowest BCUT2D eigenvalue weighted by atomic mass is 10.2. The number of para-hydroxylation sites is 2. The molecule has 10 heteroatoms. The Morgan fingerprint density at radius 3 is 2.83 bits per heavy atom. The number of nitrogens with one attached hydrogen (secondary N) is 1. The first-order valence-corrected chi connectivity index (χ1v) is 9.15. The Morgan fingerprint density at radius 1 is 1.24 bits per heavy atom. The third kappa shape index (κ3) is 5.32. The van der Waals surface area contributed by atoms with Gasteiger partial charge in [-0.25, -0.2) is 4.79 Å². The first kappa shape index (κ1) is 20.3. The van der Waals surface area contributed by atoms with E-state index in [2.05, 4.69) is 31.4 Å². The zero-order chi connectivity index (χ0) is 20.8. The molecule has 0 aliphatic carbocycles. The molecule has 150 valence electrons. The number of carbonyl (C=O) groups is 2. The fourth-order valence-corrected chi connectivity index (χ4v) is 2.74. The molecule has 3 aromatic rings. The first-order chi connectivity index (χ1) is 14.0. The summed E-state index contributed by atoms with van der Waals surface area (Å²) in [5.41, 5.74) is 0.516. The number of amides is 1. The predicted molar refractivity (Wildman–Crippen MR) is 105 cm³/mol. The fourth-order valence-electron chi connectivity index (χ4n) is 2.38. The standard InChI is InChI=1S/C19H16BrN3O6/c1-27-15-5-3-2-4-13(15)21-17(25)9-16-22-18(29-23-16)10-28-19(26)12-8-11(20)6-7-14(12)24/h2-8,24H,9-10H2,1H3,(H,21,25). The molecule has 1 amide bonds. The van der Waals surface area contributed by atoms with Gasteiger partial charge in [0.2, 0.25) is 5.91 Å². The summed E-state index contributed by atoms with van der Waals surface area (Å²) in [6.45, 7) is -0.300. The van der Waals surface area contributed by atoms with Gasteiger partial charge in [-0.1, -0.05) is 33.2 Å². The predicted octanol–water partition coefficient (Wildman–Crippen LogP) is 3.08. The van der Waals surface area contributed by atoms with Crippen molar-refractivity contribution in [1.82, 2.24) is 10.1 Å². The highest BCUT2D eigenvalue weighted by Crippen LogP contribution is 2.24. The highest BCUT2D eigenvalue weighted by molar-refractivity contribution is 9.10. The highest BCUT2D eigenvalue weighted by Gasteiger charge is 2.17. The minimum atomic E-state index is -0.752. The topological polar surface area (TPSA) is 124 Å². The van der Waals surface area contributed by atoms with Crippen LogP contribution in [0, 0.1) is 0 Å². The molecule has 0 atom stereocenters. The van der Waals surface area contributed by atoms with E-state index >= 15 is 0 Å². The quantitative estimate of drug-likeness (QED) is 0.514. The second-order valence-electron chi connectivity index (χ2n) is 5.77. The minimum absolute atomic E-state index is 0.00435. The summed E-state index contributed by atoms with van der Waals surface area (Å²) >= 11 is 3.21. The van der Waals surface area contributed by atoms with Crippen LogP contribution in [0.2, 0.25) is 0 Å². The Hall–Kier alpha value is -3.40. The molecule has 0 saturated heterocycles. The largest absolute Gasteiger partial charge is 0.507 e. The van der Waals surface area contributed by atoms with Gasteiger partial charge >= 0.3 is 5.97 Å². The van der Waals surface area contributed by atoms with Gasteiger partial charge in [0.1, 0.15) is 17.1 Å². The van der Waals surface area contributed by atoms with Crippen molar-refractivity contribution in [1.29, 1.82) is 0 Å². The molecule has 0 aliphatic heterocycles. The number of ether oxygens (including phenoxy) is 2. The highest BCUT2D eigenvalue weighted by atomic mass is 79.9. The summed E-state index contributed by atoms with van der Waals surface area (Å²) in [4.78, 5) is 28.3. The maximum Gasteiger partial charge on any atom is 0.342 e. The van der Waals surface area contributed by atoms with Crippen LogP contribution in [0.1, 0.15) is 22.1 Å². The number of phenolic OH excluding ortho intramolecular Hbond substituents is 1. The number of anilines is 1. The molecule has 3 rings (SSSR count). The number of rotatable bonds is 7. The van der Waals surface area contributed by atoms with Gasteiger partial charge < -0.3 is 24.4 Å². The van der Waals surface area contributed by atoms with Crippen LogP contribution in [0.25, 0.3) is 0 Å². The maximum atomic E-state index is 12.2. The number of phenols is 1. The number of halogens is 1. The summed E-state index contributed by atoms with van der Waals surface area (Å²) < 4.78 is 15.8. The maximum absolute atomic E-state index is 12.2. The summed E-state index contributed by atoms with van der Waals surface area (Å²) in [6, 6.07) is 11.4. The number of methoxy groups -OCH3 is 1. The molecular formula is C19H16BrN3O6. The average molecular weight is 462 g/mol. The van der Waals surface area contributed by atoms with Crippen LogP contribution in [0.4, 0.5) is 5.69 Å². The van der Waals surface area contributed by atoms with Crippen LogP contribution in [0.3, 0.4) is 0 Å². The number of aromatic nitrogens is 2. The number of benzene rings is 2. The second kappa shape index (κ2) is 9.20. The number of nitrogens with zero attached hydrogens (tertiary/aromatic N) is 2. The van der Waals surface area contributed by atoms with Crippen molar-refractivity contribution in [2.75, 3.05) is 12.4 Å². The summed E-state index contributed by atoms with van der Waals surface area (Å²) in [6.07, 6.45) is -0.137. The molecule has 0 fully saturated rings. The number of hydrogen-bond donors (Lipinski definition) is 2. The Bertz CT molecular complexity index is 1040. The fraction of sp³-hybridized carbons (Fsp3) is 0.158. The number of hydrogen-bond acceptors (Lipinski definition) is 8. The third-order valence-electron chi connectivity index (χ3n) is 3.72. The van der Waals surface area contributed by atoms with E-state index in [1.165, 1.54) is 19.2 Å². The van der Waals surface area contributed by atoms with E-state index in [0.717, 1.165) is 0 Å². The Kier molecular flexibility index (Phi) is 6.45. The van der Waals surface area contributed by atoms with Gasteiger partial charge in [0.05, 0.1) is 19.2 Å². The monoisotopic (exact) mass is 461 g/mol. The van der Waals surface area contributed by atoms with Crippen LogP contribution in [0.5, 0.6) is 11.5 Å².